The van der Waals surface area contributed by atoms with Gasteiger partial charge in [-0.15, -0.1) is 0 Å². The third kappa shape index (κ3) is 1.68. The lowest BCUT2D eigenvalue weighted by Gasteiger charge is -1.95. The van der Waals surface area contributed by atoms with E-state index in [1.54, 1.807) is 5.38 Å². The first-order valence-electron chi connectivity index (χ1n) is 3.91. The minimum absolute atomic E-state index is 0.0434. The smallest absolute Gasteiger partial charge is 0.194 e. The molecule has 1 radical (unpaired) electrons. The van der Waals surface area contributed by atoms with Gasteiger partial charge in [0.05, 0.1) is 0 Å². The van der Waals surface area contributed by atoms with Crippen molar-refractivity contribution in [3.63, 3.8) is 0 Å². The minimum Gasteiger partial charge on any atom is -0.289 e. The topological polar surface area (TPSA) is 17.1 Å². The second-order valence-electron chi connectivity index (χ2n) is 2.62. The van der Waals surface area contributed by atoms with Crippen molar-refractivity contribution in [1.82, 2.24) is 0 Å². The van der Waals surface area contributed by atoms with Crippen LogP contribution in [0.3, 0.4) is 0 Å². The number of ketones is 1. The first-order valence-corrected chi connectivity index (χ1v) is 4.86. The Labute approximate surface area is 80.7 Å². The van der Waals surface area contributed by atoms with Crippen molar-refractivity contribution in [2.45, 2.75) is 0 Å². The molecule has 0 unspecified atom stereocenters. The van der Waals surface area contributed by atoms with Gasteiger partial charge in [-0.25, -0.2) is 0 Å². The fraction of sp³-hybridized carbons (Fsp3) is 0. The average Bonchev–Trinajstić information content (AvgIpc) is 2.71. The summed E-state index contributed by atoms with van der Waals surface area (Å²) in [6.45, 7) is 0. The molecule has 0 spiro atoms. The van der Waals surface area contributed by atoms with Gasteiger partial charge in [0.25, 0.3) is 0 Å². The highest BCUT2D eigenvalue weighted by Gasteiger charge is 2.07. The molecule has 0 atom stereocenters. The third-order valence-corrected chi connectivity index (χ3v) is 2.37. The fourth-order valence-electron chi connectivity index (χ4n) is 1.10. The van der Waals surface area contributed by atoms with Crippen molar-refractivity contribution in [3.8, 4) is 0 Å². The molecular formula is C11H7OS. The van der Waals surface area contributed by atoms with E-state index in [4.69, 9.17) is 0 Å². The number of hydrogen-bond donors (Lipinski definition) is 0. The van der Waals surface area contributed by atoms with E-state index >= 15 is 0 Å². The Kier molecular flexibility index (Phi) is 2.23. The molecule has 2 heteroatoms. The molecule has 2 rings (SSSR count). The molecule has 0 N–H and O–H groups in total. The van der Waals surface area contributed by atoms with Gasteiger partial charge < -0.3 is 0 Å². The van der Waals surface area contributed by atoms with E-state index in [1.807, 2.05) is 35.7 Å². The molecule has 0 amide bonds. The van der Waals surface area contributed by atoms with Crippen molar-refractivity contribution in [2.75, 3.05) is 0 Å². The molecule has 2 aromatic rings. The minimum atomic E-state index is 0.0434. The zero-order valence-corrected chi connectivity index (χ0v) is 7.67. The van der Waals surface area contributed by atoms with Crippen LogP contribution in [-0.4, -0.2) is 5.78 Å². The summed E-state index contributed by atoms with van der Waals surface area (Å²) in [5.41, 5.74) is 1.37. The van der Waals surface area contributed by atoms with Gasteiger partial charge in [-0.3, -0.25) is 4.79 Å². The van der Waals surface area contributed by atoms with Crippen LogP contribution < -0.4 is 0 Å². The van der Waals surface area contributed by atoms with E-state index in [0.717, 1.165) is 5.56 Å². The van der Waals surface area contributed by atoms with E-state index in [1.165, 1.54) is 11.3 Å². The quantitative estimate of drug-likeness (QED) is 0.661. The largest absolute Gasteiger partial charge is 0.289 e. The number of thiophene rings is 1. The van der Waals surface area contributed by atoms with Gasteiger partial charge in [0.1, 0.15) is 0 Å². The van der Waals surface area contributed by atoms with Crippen LogP contribution in [0.5, 0.6) is 0 Å². The van der Waals surface area contributed by atoms with Gasteiger partial charge in [-0.1, -0.05) is 30.3 Å². The van der Waals surface area contributed by atoms with E-state index in [2.05, 4.69) is 6.07 Å². The second kappa shape index (κ2) is 3.54. The molecule has 0 saturated heterocycles. The fourth-order valence-corrected chi connectivity index (χ4v) is 1.67. The molecular weight excluding hydrogens is 180 g/mol. The van der Waals surface area contributed by atoms with E-state index in [9.17, 15) is 4.79 Å². The summed E-state index contributed by atoms with van der Waals surface area (Å²) in [6, 6.07) is 12.1. The van der Waals surface area contributed by atoms with Crippen molar-refractivity contribution in [2.24, 2.45) is 0 Å². The Morgan fingerprint density at radius 1 is 1.23 bits per heavy atom. The molecule has 1 heterocycles. The van der Waals surface area contributed by atoms with Gasteiger partial charge in [-0.2, -0.15) is 11.3 Å². The lowest BCUT2D eigenvalue weighted by Crippen LogP contribution is -1.98. The zero-order chi connectivity index (χ0) is 9.10. The maximum Gasteiger partial charge on any atom is 0.194 e. The molecule has 1 aromatic heterocycles. The Hall–Kier alpha value is -1.41. The summed E-state index contributed by atoms with van der Waals surface area (Å²) in [5, 5.41) is 3.60. The molecule has 0 aliphatic carbocycles. The van der Waals surface area contributed by atoms with Crippen LogP contribution in [0, 0.1) is 6.07 Å². The molecule has 13 heavy (non-hydrogen) atoms. The normalized spacial score (nSPS) is 9.85. The molecule has 1 aromatic carbocycles. The summed E-state index contributed by atoms with van der Waals surface area (Å²) in [5.74, 6) is 0.0434. The summed E-state index contributed by atoms with van der Waals surface area (Å²) < 4.78 is 0. The molecule has 0 bridgehead atoms. The Morgan fingerprint density at radius 2 is 2.00 bits per heavy atom. The molecule has 0 aliphatic rings. The van der Waals surface area contributed by atoms with Gasteiger partial charge in [0.2, 0.25) is 0 Å². The van der Waals surface area contributed by atoms with Gasteiger partial charge in [0.15, 0.2) is 5.78 Å². The van der Waals surface area contributed by atoms with Crippen molar-refractivity contribution in [3.05, 3.63) is 58.3 Å². The van der Waals surface area contributed by atoms with Crippen LogP contribution in [0.4, 0.5) is 0 Å². The molecule has 63 valence electrons. The van der Waals surface area contributed by atoms with E-state index in [-0.39, 0.29) is 5.78 Å². The Balaban J connectivity index is 2.34. The van der Waals surface area contributed by atoms with Crippen molar-refractivity contribution >= 4 is 17.1 Å². The number of benzene rings is 1. The maximum absolute atomic E-state index is 11.7. The first kappa shape index (κ1) is 8.20. The predicted octanol–water partition coefficient (Wildman–Crippen LogP) is 2.78. The summed E-state index contributed by atoms with van der Waals surface area (Å²) >= 11 is 1.49. The first-order chi connectivity index (χ1) is 6.38. The Bertz CT molecular complexity index is 389. The van der Waals surface area contributed by atoms with Crippen LogP contribution in [-0.2, 0) is 0 Å². The Morgan fingerprint density at radius 3 is 2.62 bits per heavy atom. The van der Waals surface area contributed by atoms with Gasteiger partial charge >= 0.3 is 0 Å². The van der Waals surface area contributed by atoms with Crippen LogP contribution in [0.1, 0.15) is 15.9 Å². The molecule has 0 aliphatic heterocycles. The lowest BCUT2D eigenvalue weighted by atomic mass is 10.1. The highest BCUT2D eigenvalue weighted by atomic mass is 32.1. The zero-order valence-electron chi connectivity index (χ0n) is 6.86. The lowest BCUT2D eigenvalue weighted by molar-refractivity contribution is 0.103. The third-order valence-electron chi connectivity index (χ3n) is 1.75. The van der Waals surface area contributed by atoms with Crippen LogP contribution in [0.2, 0.25) is 0 Å². The number of carbonyl (C=O) groups excluding carboxylic acids is 1. The van der Waals surface area contributed by atoms with Gasteiger partial charge in [0, 0.05) is 22.6 Å². The van der Waals surface area contributed by atoms with E-state index < -0.39 is 0 Å². The van der Waals surface area contributed by atoms with Crippen molar-refractivity contribution < 1.29 is 4.79 Å². The molecule has 0 saturated carbocycles. The van der Waals surface area contributed by atoms with Crippen LogP contribution in [0.15, 0.2) is 41.1 Å². The number of hydrogen-bond acceptors (Lipinski definition) is 2. The summed E-state index contributed by atoms with van der Waals surface area (Å²) in [6.07, 6.45) is 0. The predicted molar refractivity (Wildman–Crippen MR) is 53.0 cm³/mol. The highest BCUT2D eigenvalue weighted by Crippen LogP contribution is 2.11. The molecule has 0 fully saturated rings. The standard InChI is InChI=1S/C11H7OS/c12-11(10-6-7-13-8-10)9-4-2-1-3-5-9/h1-5,7-8H. The highest BCUT2D eigenvalue weighted by molar-refractivity contribution is 7.08. The average molecular weight is 187 g/mol. The summed E-state index contributed by atoms with van der Waals surface area (Å²) in [7, 11) is 0. The number of rotatable bonds is 2. The maximum atomic E-state index is 11.7. The van der Waals surface area contributed by atoms with Gasteiger partial charge in [-0.05, 0) is 5.38 Å². The SMILES string of the molecule is O=C(c1[c]csc1)c1ccccc1. The van der Waals surface area contributed by atoms with Crippen molar-refractivity contribution in [1.29, 1.82) is 0 Å². The van der Waals surface area contributed by atoms with Crippen LogP contribution in [0.25, 0.3) is 0 Å². The summed E-state index contributed by atoms with van der Waals surface area (Å²) in [4.78, 5) is 11.7. The van der Waals surface area contributed by atoms with E-state index in [0.29, 0.717) is 5.56 Å². The van der Waals surface area contributed by atoms with Crippen LogP contribution >= 0.6 is 11.3 Å². The number of carbonyl (C=O) groups is 1. The monoisotopic (exact) mass is 187 g/mol. The molecule has 1 nitrogen and oxygen atoms in total. The second-order valence-corrected chi connectivity index (χ2v) is 3.37.